The second-order valence-corrected chi connectivity index (χ2v) is 9.96. The highest BCUT2D eigenvalue weighted by Crippen LogP contribution is 2.42. The highest BCUT2D eigenvalue weighted by Gasteiger charge is 2.22. The third kappa shape index (κ3) is 7.52. The number of fused-ring (bicyclic) bond motifs is 3. The summed E-state index contributed by atoms with van der Waals surface area (Å²) in [4.78, 5) is 0. The van der Waals surface area contributed by atoms with Crippen LogP contribution in [0, 0.1) is 13.8 Å². The van der Waals surface area contributed by atoms with E-state index in [1.807, 2.05) is 0 Å². The molecular weight excluding hydrogens is 404 g/mol. The monoisotopic (exact) mass is 450 g/mol. The fraction of sp³-hybridized carbons (Fsp3) is 0.613. The van der Waals surface area contributed by atoms with Crippen LogP contribution >= 0.6 is 0 Å². The van der Waals surface area contributed by atoms with Crippen LogP contribution in [0.3, 0.4) is 0 Å². The zero-order valence-electron chi connectivity index (χ0n) is 21.7. The average molecular weight is 451 g/mol. The Labute approximate surface area is 203 Å². The lowest BCUT2D eigenvalue weighted by Gasteiger charge is -2.13. The van der Waals surface area contributed by atoms with Crippen LogP contribution in [0.25, 0.3) is 11.1 Å². The smallest absolute Gasteiger partial charge is 0.122 e. The lowest BCUT2D eigenvalue weighted by atomic mass is 10.0. The van der Waals surface area contributed by atoms with Crippen LogP contribution in [0.4, 0.5) is 0 Å². The van der Waals surface area contributed by atoms with Crippen LogP contribution in [-0.4, -0.2) is 13.2 Å². The number of benzene rings is 2. The van der Waals surface area contributed by atoms with Crippen molar-refractivity contribution in [1.82, 2.24) is 0 Å². The van der Waals surface area contributed by atoms with Gasteiger partial charge in [-0.3, -0.25) is 0 Å². The van der Waals surface area contributed by atoms with Gasteiger partial charge in [-0.15, -0.1) is 0 Å². The molecule has 0 radical (unpaired) electrons. The van der Waals surface area contributed by atoms with Gasteiger partial charge in [0.2, 0.25) is 0 Å². The van der Waals surface area contributed by atoms with E-state index in [-0.39, 0.29) is 0 Å². The van der Waals surface area contributed by atoms with Gasteiger partial charge in [0.25, 0.3) is 0 Å². The predicted octanol–water partition coefficient (Wildman–Crippen LogP) is 9.35. The van der Waals surface area contributed by atoms with Crippen molar-refractivity contribution in [3.63, 3.8) is 0 Å². The molecule has 2 aromatic rings. The molecule has 0 bridgehead atoms. The zero-order chi connectivity index (χ0) is 23.5. The lowest BCUT2D eigenvalue weighted by Crippen LogP contribution is -2.00. The standard InChI is InChI=1S/C31H46O2/c1-5-7-9-11-13-15-17-32-30-22-28-26(19-24(30)3)21-27-20-25(4)31(23-29(27)28)33-18-16-14-12-10-8-6-2/h19-20,22-23H,5-18,21H2,1-4H3. The zero-order valence-corrected chi connectivity index (χ0v) is 21.7. The Morgan fingerprint density at radius 1 is 0.545 bits per heavy atom. The van der Waals surface area contributed by atoms with Crippen LogP contribution in [-0.2, 0) is 6.42 Å². The summed E-state index contributed by atoms with van der Waals surface area (Å²) in [6.45, 7) is 10.5. The summed E-state index contributed by atoms with van der Waals surface area (Å²) in [6.07, 6.45) is 16.5. The molecule has 0 heterocycles. The maximum Gasteiger partial charge on any atom is 0.122 e. The first-order chi connectivity index (χ1) is 16.1. The van der Waals surface area contributed by atoms with Crippen LogP contribution in [0.15, 0.2) is 24.3 Å². The summed E-state index contributed by atoms with van der Waals surface area (Å²) in [5.74, 6) is 2.09. The van der Waals surface area contributed by atoms with Crippen molar-refractivity contribution in [1.29, 1.82) is 0 Å². The Kier molecular flexibility index (Phi) is 10.6. The second-order valence-electron chi connectivity index (χ2n) is 9.96. The van der Waals surface area contributed by atoms with Crippen molar-refractivity contribution in [3.8, 4) is 22.6 Å². The molecule has 0 N–H and O–H groups in total. The van der Waals surface area contributed by atoms with E-state index in [0.29, 0.717) is 0 Å². The van der Waals surface area contributed by atoms with E-state index < -0.39 is 0 Å². The highest BCUT2D eigenvalue weighted by atomic mass is 16.5. The maximum atomic E-state index is 6.23. The molecule has 2 heteroatoms. The normalized spacial score (nSPS) is 12.0. The van der Waals surface area contributed by atoms with E-state index >= 15 is 0 Å². The summed E-state index contributed by atoms with van der Waals surface area (Å²) in [6, 6.07) is 9.22. The molecule has 0 fully saturated rings. The van der Waals surface area contributed by atoms with Gasteiger partial charge in [0.1, 0.15) is 11.5 Å². The number of unbranched alkanes of at least 4 members (excludes halogenated alkanes) is 10. The first kappa shape index (κ1) is 25.7. The summed E-state index contributed by atoms with van der Waals surface area (Å²) < 4.78 is 12.5. The Morgan fingerprint density at radius 2 is 0.939 bits per heavy atom. The first-order valence-corrected chi connectivity index (χ1v) is 13.7. The fourth-order valence-corrected chi connectivity index (χ4v) is 4.93. The van der Waals surface area contributed by atoms with Crippen LogP contribution in [0.1, 0.15) is 113 Å². The van der Waals surface area contributed by atoms with Gasteiger partial charge in [-0.2, -0.15) is 0 Å². The van der Waals surface area contributed by atoms with E-state index in [4.69, 9.17) is 9.47 Å². The molecule has 33 heavy (non-hydrogen) atoms. The van der Waals surface area contributed by atoms with Gasteiger partial charge in [0, 0.05) is 0 Å². The van der Waals surface area contributed by atoms with Crippen molar-refractivity contribution in [2.45, 2.75) is 111 Å². The van der Waals surface area contributed by atoms with Crippen molar-refractivity contribution >= 4 is 0 Å². The van der Waals surface area contributed by atoms with Gasteiger partial charge in [0.05, 0.1) is 13.2 Å². The van der Waals surface area contributed by atoms with Crippen LogP contribution in [0.5, 0.6) is 11.5 Å². The molecule has 0 aromatic heterocycles. The van der Waals surface area contributed by atoms with Crippen molar-refractivity contribution < 1.29 is 9.47 Å². The Morgan fingerprint density at radius 3 is 1.36 bits per heavy atom. The molecule has 0 saturated heterocycles. The molecule has 0 aliphatic heterocycles. The minimum Gasteiger partial charge on any atom is -0.493 e. The molecule has 2 nitrogen and oxygen atoms in total. The van der Waals surface area contributed by atoms with Crippen LogP contribution < -0.4 is 9.47 Å². The summed E-state index contributed by atoms with van der Waals surface area (Å²) in [5.41, 5.74) is 8.01. The number of aryl methyl sites for hydroxylation is 2. The predicted molar refractivity (Wildman–Crippen MR) is 142 cm³/mol. The van der Waals surface area contributed by atoms with Gasteiger partial charge in [-0.1, -0.05) is 90.2 Å². The molecule has 0 atom stereocenters. The molecule has 3 rings (SSSR count). The van der Waals surface area contributed by atoms with Crippen molar-refractivity contribution in [3.05, 3.63) is 46.5 Å². The molecule has 182 valence electrons. The van der Waals surface area contributed by atoms with Gasteiger partial charge in [-0.05, 0) is 78.6 Å². The minimum absolute atomic E-state index is 0.819. The maximum absolute atomic E-state index is 6.23. The average Bonchev–Trinajstić information content (AvgIpc) is 3.13. The largest absolute Gasteiger partial charge is 0.493 e. The SMILES string of the molecule is CCCCCCCCOc1cc2c(cc1C)Cc1cc(C)c(OCCCCCCCC)cc1-2. The number of ether oxygens (including phenoxy) is 2. The molecular formula is C31H46O2. The third-order valence-electron chi connectivity index (χ3n) is 6.98. The minimum atomic E-state index is 0.819. The lowest BCUT2D eigenvalue weighted by molar-refractivity contribution is 0.302. The first-order valence-electron chi connectivity index (χ1n) is 13.7. The number of hydrogen-bond donors (Lipinski definition) is 0. The van der Waals surface area contributed by atoms with Gasteiger partial charge in [-0.25, -0.2) is 0 Å². The summed E-state index contributed by atoms with van der Waals surface area (Å²) >= 11 is 0. The Hall–Kier alpha value is -1.96. The summed E-state index contributed by atoms with van der Waals surface area (Å²) in [5, 5.41) is 0. The molecule has 0 spiro atoms. The second kappa shape index (κ2) is 13.7. The third-order valence-corrected chi connectivity index (χ3v) is 6.98. The molecule has 1 aliphatic rings. The Balaban J connectivity index is 1.58. The fourth-order valence-electron chi connectivity index (χ4n) is 4.93. The van der Waals surface area contributed by atoms with Gasteiger partial charge in [0.15, 0.2) is 0 Å². The topological polar surface area (TPSA) is 18.5 Å². The van der Waals surface area contributed by atoms with Crippen molar-refractivity contribution in [2.24, 2.45) is 0 Å². The van der Waals surface area contributed by atoms with Gasteiger partial charge < -0.3 is 9.47 Å². The van der Waals surface area contributed by atoms with E-state index in [9.17, 15) is 0 Å². The summed E-state index contributed by atoms with van der Waals surface area (Å²) in [7, 11) is 0. The van der Waals surface area contributed by atoms with E-state index in [1.165, 1.54) is 97.6 Å². The van der Waals surface area contributed by atoms with E-state index in [0.717, 1.165) is 44.0 Å². The number of hydrogen-bond acceptors (Lipinski definition) is 2. The molecule has 1 aliphatic carbocycles. The Bertz CT molecular complexity index is 796. The molecule has 0 amide bonds. The quantitative estimate of drug-likeness (QED) is 0.202. The number of rotatable bonds is 16. The molecule has 0 saturated carbocycles. The van der Waals surface area contributed by atoms with Crippen LogP contribution in [0.2, 0.25) is 0 Å². The van der Waals surface area contributed by atoms with Crippen molar-refractivity contribution in [2.75, 3.05) is 13.2 Å². The van der Waals surface area contributed by atoms with Gasteiger partial charge >= 0.3 is 0 Å². The van der Waals surface area contributed by atoms with E-state index in [2.05, 4.69) is 52.0 Å². The molecule has 0 unspecified atom stereocenters. The highest BCUT2D eigenvalue weighted by molar-refractivity contribution is 5.80. The van der Waals surface area contributed by atoms with E-state index in [1.54, 1.807) is 0 Å². The molecule has 2 aromatic carbocycles.